The number of carbonyl (C=O) groups is 1. The third-order valence-corrected chi connectivity index (χ3v) is 2.62. The molecule has 0 aliphatic heterocycles. The molecule has 4 nitrogen and oxygen atoms in total. The van der Waals surface area contributed by atoms with Gasteiger partial charge in [0.2, 0.25) is 5.91 Å². The number of halogens is 1. The smallest absolute Gasteiger partial charge is 0.221 e. The molecule has 108 valence electrons. The lowest BCUT2D eigenvalue weighted by atomic mass is 10.0. The molecule has 0 saturated carbocycles. The molecule has 1 atom stereocenters. The Labute approximate surface area is 121 Å². The molecule has 0 aliphatic rings. The summed E-state index contributed by atoms with van der Waals surface area (Å²) in [7, 11) is 0. The summed E-state index contributed by atoms with van der Waals surface area (Å²) in [6, 6.07) is 9.42. The molecule has 3 N–H and O–H groups in total. The molecule has 0 aliphatic carbocycles. The first-order chi connectivity index (χ1) is 8.74. The van der Waals surface area contributed by atoms with E-state index in [1.165, 1.54) is 0 Å². The summed E-state index contributed by atoms with van der Waals surface area (Å²) in [5.74, 6) is -0.0112. The molecule has 0 spiro atoms. The lowest BCUT2D eigenvalue weighted by molar-refractivity contribution is -0.121. The molecule has 5 heteroatoms. The van der Waals surface area contributed by atoms with Crippen molar-refractivity contribution in [1.82, 2.24) is 5.32 Å². The van der Waals surface area contributed by atoms with Crippen LogP contribution in [0.2, 0.25) is 0 Å². The van der Waals surface area contributed by atoms with E-state index < -0.39 is 0 Å². The van der Waals surface area contributed by atoms with Gasteiger partial charge in [-0.05, 0) is 18.9 Å². The van der Waals surface area contributed by atoms with E-state index in [9.17, 15) is 4.79 Å². The van der Waals surface area contributed by atoms with Crippen molar-refractivity contribution in [2.75, 3.05) is 19.8 Å². The maximum absolute atomic E-state index is 11.6. The van der Waals surface area contributed by atoms with Crippen LogP contribution in [0.3, 0.4) is 0 Å². The van der Waals surface area contributed by atoms with Crippen molar-refractivity contribution in [3.8, 4) is 0 Å². The summed E-state index contributed by atoms with van der Waals surface area (Å²) in [6.45, 7) is 3.99. The number of nitrogens with two attached hydrogens (primary N) is 1. The van der Waals surface area contributed by atoms with Crippen LogP contribution in [0, 0.1) is 0 Å². The number of ether oxygens (including phenoxy) is 1. The zero-order valence-corrected chi connectivity index (χ0v) is 12.1. The zero-order chi connectivity index (χ0) is 13.2. The fraction of sp³-hybridized carbons (Fsp3) is 0.500. The highest BCUT2D eigenvalue weighted by atomic mass is 35.5. The highest BCUT2D eigenvalue weighted by molar-refractivity contribution is 5.85. The van der Waals surface area contributed by atoms with Crippen LogP contribution in [0.1, 0.15) is 31.4 Å². The number of nitrogens with one attached hydrogen (secondary N) is 1. The van der Waals surface area contributed by atoms with Crippen LogP contribution >= 0.6 is 12.4 Å². The second-order valence-corrected chi connectivity index (χ2v) is 4.12. The predicted octanol–water partition coefficient (Wildman–Crippen LogP) is 2.04. The van der Waals surface area contributed by atoms with Gasteiger partial charge in [0.05, 0.1) is 0 Å². The molecule has 0 bridgehead atoms. The predicted molar refractivity (Wildman–Crippen MR) is 79.4 cm³/mol. The van der Waals surface area contributed by atoms with Gasteiger partial charge in [0.15, 0.2) is 0 Å². The topological polar surface area (TPSA) is 64.3 Å². The Bertz CT molecular complexity index is 347. The first kappa shape index (κ1) is 17.9. The first-order valence-electron chi connectivity index (χ1n) is 6.39. The van der Waals surface area contributed by atoms with Gasteiger partial charge in [0, 0.05) is 32.2 Å². The van der Waals surface area contributed by atoms with Crippen molar-refractivity contribution in [2.45, 2.75) is 25.8 Å². The average molecular weight is 287 g/mol. The maximum Gasteiger partial charge on any atom is 0.221 e. The van der Waals surface area contributed by atoms with Crippen molar-refractivity contribution in [1.29, 1.82) is 0 Å². The van der Waals surface area contributed by atoms with E-state index in [4.69, 9.17) is 10.5 Å². The quantitative estimate of drug-likeness (QED) is 0.719. The van der Waals surface area contributed by atoms with E-state index in [0.717, 1.165) is 12.0 Å². The highest BCUT2D eigenvalue weighted by Gasteiger charge is 2.10. The zero-order valence-electron chi connectivity index (χ0n) is 11.3. The van der Waals surface area contributed by atoms with Crippen molar-refractivity contribution >= 4 is 18.3 Å². The number of amides is 1. The van der Waals surface area contributed by atoms with Crippen molar-refractivity contribution < 1.29 is 9.53 Å². The van der Waals surface area contributed by atoms with Crippen LogP contribution in [-0.4, -0.2) is 25.7 Å². The minimum Gasteiger partial charge on any atom is -0.382 e. The molecular weight excluding hydrogens is 264 g/mol. The summed E-state index contributed by atoms with van der Waals surface area (Å²) in [5.41, 5.74) is 6.95. The monoisotopic (exact) mass is 286 g/mol. The number of hydrogen-bond donors (Lipinski definition) is 2. The molecule has 0 fully saturated rings. The number of rotatable bonds is 8. The van der Waals surface area contributed by atoms with E-state index in [2.05, 4.69) is 5.32 Å². The van der Waals surface area contributed by atoms with Gasteiger partial charge < -0.3 is 15.8 Å². The Morgan fingerprint density at radius 1 is 1.37 bits per heavy atom. The molecule has 0 aromatic heterocycles. The Balaban J connectivity index is 0.00000324. The van der Waals surface area contributed by atoms with Gasteiger partial charge in [0.1, 0.15) is 0 Å². The van der Waals surface area contributed by atoms with Gasteiger partial charge in [-0.15, -0.1) is 12.4 Å². The van der Waals surface area contributed by atoms with Crippen LogP contribution in [0.4, 0.5) is 0 Å². The number of carbonyl (C=O) groups excluding carboxylic acids is 1. The Kier molecular flexibility index (Phi) is 10.2. The van der Waals surface area contributed by atoms with E-state index in [0.29, 0.717) is 26.2 Å². The van der Waals surface area contributed by atoms with Crippen molar-refractivity contribution in [2.24, 2.45) is 5.73 Å². The molecule has 0 saturated heterocycles. The first-order valence-corrected chi connectivity index (χ1v) is 6.39. The fourth-order valence-corrected chi connectivity index (χ4v) is 1.64. The van der Waals surface area contributed by atoms with Gasteiger partial charge >= 0.3 is 0 Å². The summed E-state index contributed by atoms with van der Waals surface area (Å²) < 4.78 is 5.19. The number of benzene rings is 1. The minimum absolute atomic E-state index is 0. The van der Waals surface area contributed by atoms with Gasteiger partial charge in [-0.2, -0.15) is 0 Å². The van der Waals surface area contributed by atoms with Crippen molar-refractivity contribution in [3.05, 3.63) is 35.9 Å². The standard InChI is InChI=1S/C14H22N2O2.ClH/c1-2-18-10-6-9-16-14(17)11-13(15)12-7-4-3-5-8-12;/h3-5,7-8,13H,2,6,9-11,15H2,1H3,(H,16,17);1H. The molecule has 1 unspecified atom stereocenters. The van der Waals surface area contributed by atoms with Crippen LogP contribution in [0.15, 0.2) is 30.3 Å². The average Bonchev–Trinajstić information content (AvgIpc) is 2.39. The fourth-order valence-electron chi connectivity index (χ4n) is 1.64. The van der Waals surface area contributed by atoms with Crippen molar-refractivity contribution in [3.63, 3.8) is 0 Å². The van der Waals surface area contributed by atoms with Gasteiger partial charge in [-0.3, -0.25) is 4.79 Å². The summed E-state index contributed by atoms with van der Waals surface area (Å²) in [6.07, 6.45) is 1.15. The van der Waals surface area contributed by atoms with E-state index in [1.807, 2.05) is 37.3 Å². The largest absolute Gasteiger partial charge is 0.382 e. The second kappa shape index (κ2) is 10.8. The second-order valence-electron chi connectivity index (χ2n) is 4.12. The highest BCUT2D eigenvalue weighted by Crippen LogP contribution is 2.12. The van der Waals surface area contributed by atoms with E-state index in [-0.39, 0.29) is 24.4 Å². The van der Waals surface area contributed by atoms with E-state index >= 15 is 0 Å². The molecule has 1 aromatic rings. The molecule has 1 amide bonds. The summed E-state index contributed by atoms with van der Waals surface area (Å²) in [5, 5.41) is 2.84. The normalized spacial score (nSPS) is 11.5. The summed E-state index contributed by atoms with van der Waals surface area (Å²) in [4.78, 5) is 11.6. The third kappa shape index (κ3) is 7.82. The van der Waals surface area contributed by atoms with Crippen LogP contribution in [-0.2, 0) is 9.53 Å². The Morgan fingerprint density at radius 2 is 2.05 bits per heavy atom. The SMILES string of the molecule is CCOCCCNC(=O)CC(N)c1ccccc1.Cl. The molecule has 0 radical (unpaired) electrons. The third-order valence-electron chi connectivity index (χ3n) is 2.62. The lowest BCUT2D eigenvalue weighted by Crippen LogP contribution is -2.28. The molecule has 0 heterocycles. The minimum atomic E-state index is -0.238. The van der Waals surface area contributed by atoms with E-state index in [1.54, 1.807) is 0 Å². The van der Waals surface area contributed by atoms with Gasteiger partial charge in [0.25, 0.3) is 0 Å². The Morgan fingerprint density at radius 3 is 2.68 bits per heavy atom. The molecule has 1 rings (SSSR count). The molecule has 19 heavy (non-hydrogen) atoms. The van der Waals surface area contributed by atoms with Crippen LogP contribution in [0.25, 0.3) is 0 Å². The maximum atomic E-state index is 11.6. The number of hydrogen-bond acceptors (Lipinski definition) is 3. The molecule has 1 aromatic carbocycles. The van der Waals surface area contributed by atoms with Crippen LogP contribution in [0.5, 0.6) is 0 Å². The lowest BCUT2D eigenvalue weighted by Gasteiger charge is -2.12. The molecular formula is C14H23ClN2O2. The summed E-state index contributed by atoms with van der Waals surface area (Å²) >= 11 is 0. The van der Waals surface area contributed by atoms with Gasteiger partial charge in [-0.1, -0.05) is 30.3 Å². The van der Waals surface area contributed by atoms with Gasteiger partial charge in [-0.25, -0.2) is 0 Å². The van der Waals surface area contributed by atoms with Crippen LogP contribution < -0.4 is 11.1 Å². The Hall–Kier alpha value is -1.10.